The Hall–Kier alpha value is -8.01. The van der Waals surface area contributed by atoms with Crippen LogP contribution in [-0.4, -0.2) is 15.0 Å². The van der Waals surface area contributed by atoms with Crippen LogP contribution in [0.4, 0.5) is 0 Å². The number of aromatic nitrogens is 3. The van der Waals surface area contributed by atoms with Crippen LogP contribution in [0.5, 0.6) is 0 Å². The highest BCUT2D eigenvalue weighted by molar-refractivity contribution is 6.00. The lowest BCUT2D eigenvalue weighted by molar-refractivity contribution is 1.08. The molecule has 0 spiro atoms. The fraction of sp³-hybridized carbons (Fsp3) is 0. The summed E-state index contributed by atoms with van der Waals surface area (Å²) in [6, 6.07) is 79.6. The van der Waals surface area contributed by atoms with Crippen molar-refractivity contribution in [1.29, 1.82) is 0 Å². The minimum absolute atomic E-state index is 0.625. The van der Waals surface area contributed by atoms with Crippen molar-refractivity contribution in [2.45, 2.75) is 0 Å². The highest BCUT2D eigenvalue weighted by Crippen LogP contribution is 2.36. The van der Waals surface area contributed by atoms with Crippen molar-refractivity contribution in [2.75, 3.05) is 0 Å². The van der Waals surface area contributed by atoms with Crippen molar-refractivity contribution in [3.05, 3.63) is 224 Å². The van der Waals surface area contributed by atoms with Gasteiger partial charge in [-0.2, -0.15) is 0 Å². The van der Waals surface area contributed by atoms with E-state index in [1.807, 2.05) is 0 Å². The standard InChI is InChI=1S/C57H37N3/c1-3-13-38(14-4-1)41-19-9-20-42(33-41)43-21-10-23-49(36-43)55-58-56(60-57(59-55)54-26-12-22-47-34-44(31-32-53(47)54)39-15-5-2-6-16-39)50-30-28-45-35-48(29-27-46(45)37-50)52-25-11-18-40-17-7-8-24-51(40)52/h1-37H. The first-order chi connectivity index (χ1) is 29.7. The van der Waals surface area contributed by atoms with E-state index in [1.54, 1.807) is 0 Å². The molecule has 3 heteroatoms. The second-order valence-corrected chi connectivity index (χ2v) is 15.2. The number of rotatable bonds is 7. The lowest BCUT2D eigenvalue weighted by Gasteiger charge is -2.13. The Morgan fingerprint density at radius 2 is 0.617 bits per heavy atom. The predicted molar refractivity (Wildman–Crippen MR) is 250 cm³/mol. The average molecular weight is 764 g/mol. The molecule has 0 fully saturated rings. The zero-order valence-corrected chi connectivity index (χ0v) is 32.7. The molecule has 0 aliphatic carbocycles. The first-order valence-electron chi connectivity index (χ1n) is 20.3. The Morgan fingerprint density at radius 1 is 0.200 bits per heavy atom. The zero-order chi connectivity index (χ0) is 39.8. The molecule has 0 unspecified atom stereocenters. The van der Waals surface area contributed by atoms with Crippen LogP contribution in [0.15, 0.2) is 224 Å². The summed E-state index contributed by atoms with van der Waals surface area (Å²) in [7, 11) is 0. The zero-order valence-electron chi connectivity index (χ0n) is 32.7. The molecule has 280 valence electrons. The molecule has 11 rings (SSSR count). The van der Waals surface area contributed by atoms with Crippen LogP contribution in [0.3, 0.4) is 0 Å². The third-order valence-electron chi connectivity index (χ3n) is 11.5. The molecular weight excluding hydrogens is 727 g/mol. The number of fused-ring (bicyclic) bond motifs is 3. The summed E-state index contributed by atoms with van der Waals surface area (Å²) in [5.74, 6) is 1.89. The largest absolute Gasteiger partial charge is 0.208 e. The predicted octanol–water partition coefficient (Wildman–Crippen LogP) is 15.0. The summed E-state index contributed by atoms with van der Waals surface area (Å²) in [6.45, 7) is 0. The van der Waals surface area contributed by atoms with Crippen molar-refractivity contribution in [2.24, 2.45) is 0 Å². The smallest absolute Gasteiger partial charge is 0.164 e. The molecule has 1 heterocycles. The third-order valence-corrected chi connectivity index (χ3v) is 11.5. The molecular formula is C57H37N3. The summed E-state index contributed by atoms with van der Waals surface area (Å²) in [4.78, 5) is 15.7. The number of hydrogen-bond acceptors (Lipinski definition) is 3. The molecule has 0 aliphatic heterocycles. The Bertz CT molecular complexity index is 3370. The Labute approximate surface area is 349 Å². The van der Waals surface area contributed by atoms with Crippen molar-refractivity contribution in [3.63, 3.8) is 0 Å². The van der Waals surface area contributed by atoms with E-state index in [0.717, 1.165) is 49.4 Å². The maximum absolute atomic E-state index is 5.24. The van der Waals surface area contributed by atoms with Gasteiger partial charge >= 0.3 is 0 Å². The normalized spacial score (nSPS) is 11.3. The van der Waals surface area contributed by atoms with Crippen LogP contribution in [0.25, 0.3) is 111 Å². The van der Waals surface area contributed by atoms with Crippen LogP contribution in [0.2, 0.25) is 0 Å². The van der Waals surface area contributed by atoms with Crippen molar-refractivity contribution in [3.8, 4) is 78.7 Å². The Balaban J connectivity index is 1.04. The van der Waals surface area contributed by atoms with Gasteiger partial charge in [0.25, 0.3) is 0 Å². The third kappa shape index (κ3) is 6.68. The fourth-order valence-corrected chi connectivity index (χ4v) is 8.42. The van der Waals surface area contributed by atoms with Gasteiger partial charge in [-0.05, 0) is 107 Å². The van der Waals surface area contributed by atoms with Gasteiger partial charge in [0.1, 0.15) is 0 Å². The van der Waals surface area contributed by atoms with Crippen LogP contribution in [-0.2, 0) is 0 Å². The molecule has 0 saturated carbocycles. The summed E-state index contributed by atoms with van der Waals surface area (Å²) in [5.41, 5.74) is 12.2. The van der Waals surface area contributed by atoms with Gasteiger partial charge in [0.15, 0.2) is 17.5 Å². The first-order valence-corrected chi connectivity index (χ1v) is 20.3. The molecule has 11 aromatic rings. The van der Waals surface area contributed by atoms with E-state index in [2.05, 4.69) is 224 Å². The van der Waals surface area contributed by atoms with Gasteiger partial charge in [-0.15, -0.1) is 0 Å². The topological polar surface area (TPSA) is 38.7 Å². The molecule has 0 N–H and O–H groups in total. The number of nitrogens with zero attached hydrogens (tertiary/aromatic N) is 3. The molecule has 0 radical (unpaired) electrons. The maximum Gasteiger partial charge on any atom is 0.164 e. The van der Waals surface area contributed by atoms with E-state index >= 15 is 0 Å². The van der Waals surface area contributed by atoms with E-state index in [-0.39, 0.29) is 0 Å². The molecule has 0 amide bonds. The minimum atomic E-state index is 0.625. The Morgan fingerprint density at radius 3 is 1.33 bits per heavy atom. The van der Waals surface area contributed by atoms with E-state index in [9.17, 15) is 0 Å². The summed E-state index contributed by atoms with van der Waals surface area (Å²) in [6.07, 6.45) is 0. The highest BCUT2D eigenvalue weighted by Gasteiger charge is 2.16. The van der Waals surface area contributed by atoms with Crippen LogP contribution in [0, 0.1) is 0 Å². The second kappa shape index (κ2) is 15.1. The van der Waals surface area contributed by atoms with Gasteiger partial charge in [0.05, 0.1) is 0 Å². The van der Waals surface area contributed by atoms with Crippen LogP contribution >= 0.6 is 0 Å². The number of hydrogen-bond donors (Lipinski definition) is 0. The Kier molecular flexibility index (Phi) is 8.83. The molecule has 0 bridgehead atoms. The lowest BCUT2D eigenvalue weighted by Crippen LogP contribution is -2.01. The number of benzene rings is 10. The van der Waals surface area contributed by atoms with Gasteiger partial charge < -0.3 is 0 Å². The summed E-state index contributed by atoms with van der Waals surface area (Å²) >= 11 is 0. The summed E-state index contributed by atoms with van der Waals surface area (Å²) in [5, 5.41) is 6.99. The van der Waals surface area contributed by atoms with Crippen molar-refractivity contribution in [1.82, 2.24) is 15.0 Å². The van der Waals surface area contributed by atoms with E-state index < -0.39 is 0 Å². The van der Waals surface area contributed by atoms with E-state index in [4.69, 9.17) is 15.0 Å². The lowest BCUT2D eigenvalue weighted by atomic mass is 9.95. The van der Waals surface area contributed by atoms with Gasteiger partial charge in [-0.3, -0.25) is 0 Å². The van der Waals surface area contributed by atoms with Crippen LogP contribution in [0.1, 0.15) is 0 Å². The summed E-state index contributed by atoms with van der Waals surface area (Å²) < 4.78 is 0. The molecule has 1 aromatic heterocycles. The monoisotopic (exact) mass is 763 g/mol. The minimum Gasteiger partial charge on any atom is -0.208 e. The fourth-order valence-electron chi connectivity index (χ4n) is 8.42. The van der Waals surface area contributed by atoms with Crippen molar-refractivity contribution >= 4 is 32.3 Å². The molecule has 0 aliphatic rings. The first kappa shape index (κ1) is 35.2. The van der Waals surface area contributed by atoms with Gasteiger partial charge in [0, 0.05) is 16.7 Å². The molecule has 0 atom stereocenters. The van der Waals surface area contributed by atoms with Crippen LogP contribution < -0.4 is 0 Å². The van der Waals surface area contributed by atoms with Gasteiger partial charge in [0.2, 0.25) is 0 Å². The van der Waals surface area contributed by atoms with Crippen molar-refractivity contribution < 1.29 is 0 Å². The average Bonchev–Trinajstić information content (AvgIpc) is 3.33. The molecule has 3 nitrogen and oxygen atoms in total. The highest BCUT2D eigenvalue weighted by atomic mass is 15.0. The maximum atomic E-state index is 5.24. The van der Waals surface area contributed by atoms with E-state index in [1.165, 1.54) is 44.2 Å². The molecule has 10 aromatic carbocycles. The van der Waals surface area contributed by atoms with E-state index in [0.29, 0.717) is 17.5 Å². The van der Waals surface area contributed by atoms with Gasteiger partial charge in [-0.25, -0.2) is 15.0 Å². The molecule has 60 heavy (non-hydrogen) atoms. The molecule has 0 saturated heterocycles. The second-order valence-electron chi connectivity index (χ2n) is 15.2. The quantitative estimate of drug-likeness (QED) is 0.162. The SMILES string of the molecule is c1ccc(-c2cccc(-c3cccc(-c4nc(-c5ccc6cc(-c7cccc8ccccc78)ccc6c5)nc(-c5cccc6cc(-c7ccccc7)ccc56)n4)c3)c2)cc1. The van der Waals surface area contributed by atoms with Gasteiger partial charge in [-0.1, -0.05) is 194 Å².